The number of aryl methyl sites for hydroxylation is 2. The van der Waals surface area contributed by atoms with Crippen LogP contribution in [0.3, 0.4) is 0 Å². The van der Waals surface area contributed by atoms with Gasteiger partial charge in [0.2, 0.25) is 0 Å². The van der Waals surface area contributed by atoms with Crippen LogP contribution in [0.15, 0.2) is 48.5 Å². The van der Waals surface area contributed by atoms with E-state index in [2.05, 4.69) is 23.1 Å². The Hall–Kier alpha value is -3.34. The van der Waals surface area contributed by atoms with Crippen molar-refractivity contribution in [1.82, 2.24) is 19.7 Å². The van der Waals surface area contributed by atoms with E-state index in [1.165, 1.54) is 0 Å². The molecular formula is C34H35ClN4O4S. The second-order valence-corrected chi connectivity index (χ2v) is 14.3. The first kappa shape index (κ1) is 29.4. The summed E-state index contributed by atoms with van der Waals surface area (Å²) < 4.78 is 14.4. The summed E-state index contributed by atoms with van der Waals surface area (Å²) in [5.41, 5.74) is 6.52. The Labute approximate surface area is 265 Å². The molecule has 0 unspecified atom stereocenters. The molecule has 44 heavy (non-hydrogen) atoms. The summed E-state index contributed by atoms with van der Waals surface area (Å²) in [5, 5.41) is 17.9. The summed E-state index contributed by atoms with van der Waals surface area (Å²) in [5.74, 6) is -0.640. The van der Waals surface area contributed by atoms with E-state index in [4.69, 9.17) is 31.2 Å². The lowest BCUT2D eigenvalue weighted by Gasteiger charge is -2.47. The van der Waals surface area contributed by atoms with Crippen molar-refractivity contribution in [3.05, 3.63) is 70.4 Å². The standard InChI is InChI=1S/C34H35ClN4O4S/c1-18-12-25-31(28(19-6-9-22(35)10-7-19)27(18)30(33(40)41)43-34(2,3)4)44-32(36-25)20-8-11-26-24(13-20)29(37-38(26)5)21-14-39(15-21)23-16-42-17-23/h6-13,21,23,30H,14-17H2,1-5H3,(H,40,41)/t30-/m0/s1. The minimum Gasteiger partial charge on any atom is -0.479 e. The Morgan fingerprint density at radius 3 is 2.45 bits per heavy atom. The van der Waals surface area contributed by atoms with Gasteiger partial charge < -0.3 is 14.6 Å². The topological polar surface area (TPSA) is 89.7 Å². The normalized spacial score (nSPS) is 17.2. The zero-order chi connectivity index (χ0) is 30.9. The van der Waals surface area contributed by atoms with Crippen LogP contribution in [0.5, 0.6) is 0 Å². The first-order valence-corrected chi connectivity index (χ1v) is 16.1. The van der Waals surface area contributed by atoms with Crippen molar-refractivity contribution in [3.8, 4) is 21.7 Å². The van der Waals surface area contributed by atoms with Crippen LogP contribution in [0, 0.1) is 6.92 Å². The van der Waals surface area contributed by atoms with E-state index in [1.54, 1.807) is 11.3 Å². The molecule has 2 fully saturated rings. The van der Waals surface area contributed by atoms with Gasteiger partial charge in [-0.2, -0.15) is 5.10 Å². The molecule has 7 rings (SSSR count). The fourth-order valence-corrected chi connectivity index (χ4v) is 7.55. The fourth-order valence-electron chi connectivity index (χ4n) is 6.31. The highest BCUT2D eigenvalue weighted by molar-refractivity contribution is 7.22. The summed E-state index contributed by atoms with van der Waals surface area (Å²) in [6.45, 7) is 11.2. The summed E-state index contributed by atoms with van der Waals surface area (Å²) >= 11 is 7.83. The molecule has 0 saturated carbocycles. The molecule has 2 aliphatic rings. The van der Waals surface area contributed by atoms with Crippen LogP contribution in [0.4, 0.5) is 0 Å². The quantitative estimate of drug-likeness (QED) is 0.203. The Morgan fingerprint density at radius 1 is 1.11 bits per heavy atom. The van der Waals surface area contributed by atoms with E-state index in [9.17, 15) is 9.90 Å². The molecular weight excluding hydrogens is 596 g/mol. The van der Waals surface area contributed by atoms with Gasteiger partial charge in [0.05, 0.1) is 46.3 Å². The average molecular weight is 631 g/mol. The molecule has 0 aliphatic carbocycles. The van der Waals surface area contributed by atoms with Gasteiger partial charge in [0.25, 0.3) is 0 Å². The highest BCUT2D eigenvalue weighted by atomic mass is 35.5. The predicted octanol–water partition coefficient (Wildman–Crippen LogP) is 7.22. The number of thiazole rings is 1. The Bertz CT molecular complexity index is 1900. The summed E-state index contributed by atoms with van der Waals surface area (Å²) in [4.78, 5) is 20.3. The number of ether oxygens (including phenoxy) is 2. The van der Waals surface area contributed by atoms with Crippen molar-refractivity contribution in [2.45, 2.75) is 51.4 Å². The van der Waals surface area contributed by atoms with Crippen LogP contribution >= 0.6 is 22.9 Å². The zero-order valence-corrected chi connectivity index (χ0v) is 27.0. The highest BCUT2D eigenvalue weighted by Crippen LogP contribution is 2.45. The van der Waals surface area contributed by atoms with Crippen LogP contribution in [-0.4, -0.2) is 68.7 Å². The van der Waals surface area contributed by atoms with Crippen molar-refractivity contribution in [2.24, 2.45) is 7.05 Å². The third kappa shape index (κ3) is 5.20. The molecule has 5 aromatic rings. The van der Waals surface area contributed by atoms with Crippen LogP contribution in [0.1, 0.15) is 49.6 Å². The molecule has 228 valence electrons. The SMILES string of the molecule is Cc1cc2nc(-c3ccc4c(c3)c(C3CN(C5COC5)C3)nn4C)sc2c(-c2ccc(Cl)cc2)c1[C@H](OC(C)(C)C)C(=O)O. The molecule has 4 heterocycles. The smallest absolute Gasteiger partial charge is 0.337 e. The maximum absolute atomic E-state index is 12.7. The number of halogens is 1. The molecule has 0 bridgehead atoms. The first-order chi connectivity index (χ1) is 21.0. The lowest BCUT2D eigenvalue weighted by molar-refractivity contribution is -0.160. The van der Waals surface area contributed by atoms with Gasteiger partial charge in [-0.3, -0.25) is 9.58 Å². The molecule has 0 spiro atoms. The predicted molar refractivity (Wildman–Crippen MR) is 175 cm³/mol. The minimum atomic E-state index is -1.15. The third-order valence-electron chi connectivity index (χ3n) is 8.58. The number of fused-ring (bicyclic) bond motifs is 2. The highest BCUT2D eigenvalue weighted by Gasteiger charge is 2.38. The van der Waals surface area contributed by atoms with E-state index in [0.29, 0.717) is 22.5 Å². The number of benzene rings is 3. The number of carbonyl (C=O) groups is 1. The second-order valence-electron chi connectivity index (χ2n) is 12.9. The number of aromatic nitrogens is 3. The molecule has 2 saturated heterocycles. The van der Waals surface area contributed by atoms with Gasteiger partial charge in [-0.05, 0) is 75.2 Å². The van der Waals surface area contributed by atoms with Gasteiger partial charge in [-0.25, -0.2) is 9.78 Å². The Balaban J connectivity index is 1.35. The van der Waals surface area contributed by atoms with Crippen LogP contribution in [-0.2, 0) is 21.3 Å². The number of carboxylic acid groups (broad SMARTS) is 1. The number of carboxylic acids is 1. The number of nitrogens with zero attached hydrogens (tertiary/aromatic N) is 4. The minimum absolute atomic E-state index is 0.391. The molecule has 2 aromatic heterocycles. The van der Waals surface area contributed by atoms with E-state index in [-0.39, 0.29) is 0 Å². The van der Waals surface area contributed by atoms with Gasteiger partial charge >= 0.3 is 5.97 Å². The number of likely N-dealkylation sites (tertiary alicyclic amines) is 1. The maximum atomic E-state index is 12.7. The summed E-state index contributed by atoms with van der Waals surface area (Å²) in [6.07, 6.45) is -1.15. The monoisotopic (exact) mass is 630 g/mol. The van der Waals surface area contributed by atoms with Gasteiger partial charge in [0, 0.05) is 53.2 Å². The lowest BCUT2D eigenvalue weighted by Crippen LogP contribution is -2.58. The largest absolute Gasteiger partial charge is 0.479 e. The van der Waals surface area contributed by atoms with E-state index in [1.807, 2.05) is 69.8 Å². The van der Waals surface area contributed by atoms with Gasteiger partial charge in [-0.15, -0.1) is 11.3 Å². The van der Waals surface area contributed by atoms with E-state index in [0.717, 1.165) is 80.4 Å². The van der Waals surface area contributed by atoms with Crippen LogP contribution in [0.2, 0.25) is 5.02 Å². The number of hydrogen-bond donors (Lipinski definition) is 1. The molecule has 2 aliphatic heterocycles. The number of hydrogen-bond acceptors (Lipinski definition) is 7. The molecule has 1 N–H and O–H groups in total. The van der Waals surface area contributed by atoms with Crippen molar-refractivity contribution in [2.75, 3.05) is 26.3 Å². The average Bonchev–Trinajstić information content (AvgIpc) is 3.48. The molecule has 10 heteroatoms. The van der Waals surface area contributed by atoms with Gasteiger partial charge in [0.15, 0.2) is 6.10 Å². The molecule has 8 nitrogen and oxygen atoms in total. The second kappa shape index (κ2) is 10.9. The Morgan fingerprint density at radius 2 is 1.82 bits per heavy atom. The van der Waals surface area contributed by atoms with Gasteiger partial charge in [0.1, 0.15) is 5.01 Å². The maximum Gasteiger partial charge on any atom is 0.337 e. The van der Waals surface area contributed by atoms with E-state index < -0.39 is 17.7 Å². The molecule has 0 amide bonds. The summed E-state index contributed by atoms with van der Waals surface area (Å²) in [6, 6.07) is 16.5. The number of rotatable bonds is 7. The summed E-state index contributed by atoms with van der Waals surface area (Å²) in [7, 11) is 2.00. The number of aliphatic carboxylic acids is 1. The van der Waals surface area contributed by atoms with E-state index >= 15 is 0 Å². The lowest BCUT2D eigenvalue weighted by atomic mass is 9.91. The van der Waals surface area contributed by atoms with Crippen molar-refractivity contribution < 1.29 is 19.4 Å². The van der Waals surface area contributed by atoms with Crippen molar-refractivity contribution in [1.29, 1.82) is 0 Å². The van der Waals surface area contributed by atoms with Crippen LogP contribution < -0.4 is 0 Å². The third-order valence-corrected chi connectivity index (χ3v) is 9.97. The molecule has 3 aromatic carbocycles. The van der Waals surface area contributed by atoms with Crippen molar-refractivity contribution >= 4 is 50.0 Å². The zero-order valence-electron chi connectivity index (χ0n) is 25.4. The molecule has 1 atom stereocenters. The fraction of sp³-hybridized carbons (Fsp3) is 0.382. The van der Waals surface area contributed by atoms with Gasteiger partial charge in [-0.1, -0.05) is 23.7 Å². The van der Waals surface area contributed by atoms with Crippen molar-refractivity contribution in [3.63, 3.8) is 0 Å². The molecule has 0 radical (unpaired) electrons. The Kier molecular flexibility index (Phi) is 7.29. The van der Waals surface area contributed by atoms with Crippen LogP contribution in [0.25, 0.3) is 42.8 Å². The first-order valence-electron chi connectivity index (χ1n) is 14.9.